The lowest BCUT2D eigenvalue weighted by molar-refractivity contribution is 0.0379. The molecule has 0 radical (unpaired) electrons. The molecular weight excluding hydrogens is 300 g/mol. The van der Waals surface area contributed by atoms with Crippen LogP contribution in [-0.2, 0) is 4.74 Å². The number of hydrogen-bond donors (Lipinski definition) is 0. The van der Waals surface area contributed by atoms with Crippen LogP contribution >= 0.6 is 0 Å². The summed E-state index contributed by atoms with van der Waals surface area (Å²) in [4.78, 5) is 12.6. The maximum Gasteiger partial charge on any atom is 0.339 e. The van der Waals surface area contributed by atoms with Crippen LogP contribution in [0.15, 0.2) is 60.7 Å². The van der Waals surface area contributed by atoms with Gasteiger partial charge in [0, 0.05) is 11.1 Å². The van der Waals surface area contributed by atoms with E-state index in [4.69, 9.17) is 9.47 Å². The van der Waals surface area contributed by atoms with Gasteiger partial charge in [-0.05, 0) is 36.8 Å². The normalized spacial score (nSPS) is 10.8. The second-order valence-corrected chi connectivity index (χ2v) is 5.86. The van der Waals surface area contributed by atoms with E-state index in [1.54, 1.807) is 7.11 Å². The van der Waals surface area contributed by atoms with Gasteiger partial charge in [-0.1, -0.05) is 48.5 Å². The fourth-order valence-corrected chi connectivity index (χ4v) is 2.86. The number of rotatable bonds is 4. The first-order valence-electron chi connectivity index (χ1n) is 7.98. The molecule has 0 saturated carbocycles. The van der Waals surface area contributed by atoms with E-state index >= 15 is 0 Å². The molecule has 0 fully saturated rings. The van der Waals surface area contributed by atoms with Crippen molar-refractivity contribution in [1.82, 2.24) is 0 Å². The summed E-state index contributed by atoms with van der Waals surface area (Å²) in [5.41, 5.74) is 2.27. The lowest BCUT2D eigenvalue weighted by Gasteiger charge is -2.16. The van der Waals surface area contributed by atoms with Crippen molar-refractivity contribution < 1.29 is 14.3 Å². The highest BCUT2D eigenvalue weighted by molar-refractivity contribution is 6.09. The van der Waals surface area contributed by atoms with E-state index in [-0.39, 0.29) is 12.1 Å². The summed E-state index contributed by atoms with van der Waals surface area (Å²) in [6.45, 7) is 3.70. The first-order valence-corrected chi connectivity index (χ1v) is 7.98. The molecule has 0 bridgehead atoms. The molecule has 0 aliphatic carbocycles. The van der Waals surface area contributed by atoms with Crippen LogP contribution in [-0.4, -0.2) is 19.2 Å². The zero-order chi connectivity index (χ0) is 17.1. The SMILES string of the molecule is COc1ccccc1-c1c(C(=O)OC(C)C)ccc2ccccc12. The van der Waals surface area contributed by atoms with Gasteiger partial charge in [0.2, 0.25) is 0 Å². The van der Waals surface area contributed by atoms with Crippen molar-refractivity contribution in [2.75, 3.05) is 7.11 Å². The highest BCUT2D eigenvalue weighted by Crippen LogP contribution is 2.38. The van der Waals surface area contributed by atoms with E-state index in [1.807, 2.05) is 74.5 Å². The lowest BCUT2D eigenvalue weighted by atomic mass is 9.92. The summed E-state index contributed by atoms with van der Waals surface area (Å²) in [6, 6.07) is 19.5. The fraction of sp³-hybridized carbons (Fsp3) is 0.190. The molecule has 122 valence electrons. The summed E-state index contributed by atoms with van der Waals surface area (Å²) >= 11 is 0. The van der Waals surface area contributed by atoms with Gasteiger partial charge in [0.15, 0.2) is 0 Å². The molecule has 3 heteroatoms. The highest BCUT2D eigenvalue weighted by atomic mass is 16.5. The number of fused-ring (bicyclic) bond motifs is 1. The third kappa shape index (κ3) is 2.98. The molecule has 0 atom stereocenters. The van der Waals surface area contributed by atoms with Crippen LogP contribution < -0.4 is 4.74 Å². The molecule has 0 N–H and O–H groups in total. The molecule has 0 heterocycles. The van der Waals surface area contributed by atoms with E-state index in [2.05, 4.69) is 0 Å². The van der Waals surface area contributed by atoms with Crippen molar-refractivity contribution in [3.8, 4) is 16.9 Å². The predicted molar refractivity (Wildman–Crippen MR) is 96.5 cm³/mol. The minimum absolute atomic E-state index is 0.172. The van der Waals surface area contributed by atoms with Crippen molar-refractivity contribution in [2.24, 2.45) is 0 Å². The van der Waals surface area contributed by atoms with E-state index in [0.29, 0.717) is 5.56 Å². The smallest absolute Gasteiger partial charge is 0.339 e. The van der Waals surface area contributed by atoms with Crippen molar-refractivity contribution in [1.29, 1.82) is 0 Å². The Morgan fingerprint density at radius 3 is 2.38 bits per heavy atom. The molecule has 3 aromatic carbocycles. The average molecular weight is 320 g/mol. The number of carbonyl (C=O) groups excluding carboxylic acids is 1. The van der Waals surface area contributed by atoms with Gasteiger partial charge in [0.1, 0.15) is 5.75 Å². The van der Waals surface area contributed by atoms with Crippen molar-refractivity contribution >= 4 is 16.7 Å². The predicted octanol–water partition coefficient (Wildman–Crippen LogP) is 5.08. The summed E-state index contributed by atoms with van der Waals surface area (Å²) in [5.74, 6) is 0.407. The lowest BCUT2D eigenvalue weighted by Crippen LogP contribution is -2.13. The van der Waals surface area contributed by atoms with Gasteiger partial charge in [-0.2, -0.15) is 0 Å². The number of benzene rings is 3. The Labute approximate surface area is 141 Å². The number of esters is 1. The van der Waals surface area contributed by atoms with Gasteiger partial charge in [0.05, 0.1) is 18.8 Å². The molecule has 0 aliphatic heterocycles. The van der Waals surface area contributed by atoms with E-state index in [9.17, 15) is 4.79 Å². The Bertz CT molecular complexity index is 881. The maximum atomic E-state index is 12.6. The quantitative estimate of drug-likeness (QED) is 0.629. The molecule has 24 heavy (non-hydrogen) atoms. The molecule has 0 aliphatic rings. The van der Waals surface area contributed by atoms with Crippen LogP contribution in [0.4, 0.5) is 0 Å². The molecule has 0 aromatic heterocycles. The molecule has 3 rings (SSSR count). The topological polar surface area (TPSA) is 35.5 Å². The summed E-state index contributed by atoms with van der Waals surface area (Å²) in [6.07, 6.45) is -0.172. The van der Waals surface area contributed by atoms with Crippen LogP contribution in [0.3, 0.4) is 0 Å². The molecule has 0 spiro atoms. The van der Waals surface area contributed by atoms with Crippen molar-refractivity contribution in [3.63, 3.8) is 0 Å². The van der Waals surface area contributed by atoms with Gasteiger partial charge in [-0.15, -0.1) is 0 Å². The zero-order valence-electron chi connectivity index (χ0n) is 14.1. The Morgan fingerprint density at radius 2 is 1.62 bits per heavy atom. The number of para-hydroxylation sites is 1. The van der Waals surface area contributed by atoms with Crippen LogP contribution in [0.2, 0.25) is 0 Å². The molecule has 0 unspecified atom stereocenters. The number of ether oxygens (including phenoxy) is 2. The standard InChI is InChI=1S/C21H20O3/c1-14(2)24-21(22)18-13-12-15-8-4-5-9-16(15)20(18)17-10-6-7-11-19(17)23-3/h4-14H,1-3H3. The van der Waals surface area contributed by atoms with E-state index in [1.165, 1.54) is 0 Å². The Morgan fingerprint density at radius 1 is 0.917 bits per heavy atom. The second kappa shape index (κ2) is 6.75. The molecule has 3 aromatic rings. The Hall–Kier alpha value is -2.81. The molecule has 0 saturated heterocycles. The van der Waals surface area contributed by atoms with Gasteiger partial charge >= 0.3 is 5.97 Å². The largest absolute Gasteiger partial charge is 0.496 e. The Kier molecular flexibility index (Phi) is 4.52. The number of carbonyl (C=O) groups is 1. The second-order valence-electron chi connectivity index (χ2n) is 5.86. The summed E-state index contributed by atoms with van der Waals surface area (Å²) in [7, 11) is 1.63. The number of methoxy groups -OCH3 is 1. The summed E-state index contributed by atoms with van der Waals surface area (Å²) in [5, 5.41) is 2.07. The van der Waals surface area contributed by atoms with Crippen LogP contribution in [0.25, 0.3) is 21.9 Å². The first-order chi connectivity index (χ1) is 11.6. The maximum absolute atomic E-state index is 12.6. The fourth-order valence-electron chi connectivity index (χ4n) is 2.86. The summed E-state index contributed by atoms with van der Waals surface area (Å²) < 4.78 is 11.0. The van der Waals surface area contributed by atoms with Gasteiger partial charge in [-0.25, -0.2) is 4.79 Å². The Balaban J connectivity index is 2.31. The third-order valence-corrected chi connectivity index (χ3v) is 3.87. The van der Waals surface area contributed by atoms with Gasteiger partial charge in [0.25, 0.3) is 0 Å². The highest BCUT2D eigenvalue weighted by Gasteiger charge is 2.20. The first kappa shape index (κ1) is 16.1. The van der Waals surface area contributed by atoms with Gasteiger partial charge < -0.3 is 9.47 Å². The van der Waals surface area contributed by atoms with E-state index < -0.39 is 0 Å². The molecule has 3 nitrogen and oxygen atoms in total. The number of hydrogen-bond acceptors (Lipinski definition) is 3. The third-order valence-electron chi connectivity index (χ3n) is 3.87. The van der Waals surface area contributed by atoms with Crippen LogP contribution in [0, 0.1) is 0 Å². The van der Waals surface area contributed by atoms with E-state index in [0.717, 1.165) is 27.6 Å². The molecular formula is C21H20O3. The minimum atomic E-state index is -0.323. The van der Waals surface area contributed by atoms with Crippen molar-refractivity contribution in [3.05, 3.63) is 66.2 Å². The van der Waals surface area contributed by atoms with Crippen LogP contribution in [0.5, 0.6) is 5.75 Å². The van der Waals surface area contributed by atoms with Crippen LogP contribution in [0.1, 0.15) is 24.2 Å². The van der Waals surface area contributed by atoms with Gasteiger partial charge in [-0.3, -0.25) is 0 Å². The monoisotopic (exact) mass is 320 g/mol. The zero-order valence-corrected chi connectivity index (χ0v) is 14.1. The average Bonchev–Trinajstić information content (AvgIpc) is 2.60. The van der Waals surface area contributed by atoms with Crippen molar-refractivity contribution in [2.45, 2.75) is 20.0 Å². The molecule has 0 amide bonds. The minimum Gasteiger partial charge on any atom is -0.496 e.